The van der Waals surface area contributed by atoms with Gasteiger partial charge in [-0.2, -0.15) is 5.10 Å². The zero-order chi connectivity index (χ0) is 15.9. The number of aromatic nitrogens is 2. The molecule has 0 spiro atoms. The molecule has 1 aliphatic heterocycles. The summed E-state index contributed by atoms with van der Waals surface area (Å²) in [4.78, 5) is 25.2. The summed E-state index contributed by atoms with van der Waals surface area (Å²) in [6, 6.07) is 1.60. The van der Waals surface area contributed by atoms with Crippen molar-refractivity contribution in [2.75, 3.05) is 31.1 Å². The summed E-state index contributed by atoms with van der Waals surface area (Å²) in [7, 11) is 1.63. The van der Waals surface area contributed by atoms with Gasteiger partial charge in [-0.05, 0) is 12.8 Å². The van der Waals surface area contributed by atoms with Crippen molar-refractivity contribution in [3.63, 3.8) is 0 Å². The lowest BCUT2D eigenvalue weighted by Gasteiger charge is -2.34. The number of hydrogen-bond donors (Lipinski definition) is 1. The molecule has 0 saturated carbocycles. The van der Waals surface area contributed by atoms with E-state index in [4.69, 9.17) is 4.74 Å². The van der Waals surface area contributed by atoms with Gasteiger partial charge in [0, 0.05) is 39.2 Å². The van der Waals surface area contributed by atoms with Crippen LogP contribution in [0.2, 0.25) is 0 Å². The van der Waals surface area contributed by atoms with Crippen molar-refractivity contribution in [1.29, 1.82) is 0 Å². The lowest BCUT2D eigenvalue weighted by Crippen LogP contribution is -2.44. The van der Waals surface area contributed by atoms with Gasteiger partial charge in [-0.1, -0.05) is 6.92 Å². The summed E-state index contributed by atoms with van der Waals surface area (Å²) in [5.41, 5.74) is 0.707. The molecule has 1 aliphatic rings. The van der Waals surface area contributed by atoms with Crippen LogP contribution < -0.4 is 15.8 Å². The molecule has 1 fully saturated rings. The molecule has 0 aromatic carbocycles. The lowest BCUT2D eigenvalue weighted by molar-refractivity contribution is -0.121. The Morgan fingerprint density at radius 1 is 1.55 bits per heavy atom. The number of aryl methyl sites for hydroxylation is 1. The Hall–Kier alpha value is -1.89. The smallest absolute Gasteiger partial charge is 0.268 e. The third kappa shape index (κ3) is 4.56. The highest BCUT2D eigenvalue weighted by Crippen LogP contribution is 2.16. The highest BCUT2D eigenvalue weighted by Gasteiger charge is 2.21. The van der Waals surface area contributed by atoms with Crippen molar-refractivity contribution < 1.29 is 9.53 Å². The van der Waals surface area contributed by atoms with Crippen molar-refractivity contribution >= 4 is 11.6 Å². The number of carbonyl (C=O) groups is 1. The zero-order valence-electron chi connectivity index (χ0n) is 13.2. The van der Waals surface area contributed by atoms with Crippen LogP contribution in [0.3, 0.4) is 0 Å². The SMILES string of the molecule is CCCC(=O)NCC[C@@H]1CN(c2cnn(C)c(=O)c2)CCO1. The Balaban J connectivity index is 1.85. The maximum absolute atomic E-state index is 11.7. The number of ether oxygens (including phenoxy) is 1. The highest BCUT2D eigenvalue weighted by molar-refractivity contribution is 5.75. The Bertz CT molecular complexity index is 558. The average Bonchev–Trinajstić information content (AvgIpc) is 2.51. The van der Waals surface area contributed by atoms with Crippen molar-refractivity contribution in [3.8, 4) is 0 Å². The van der Waals surface area contributed by atoms with E-state index in [1.54, 1.807) is 19.3 Å². The maximum atomic E-state index is 11.7. The first-order valence-corrected chi connectivity index (χ1v) is 7.76. The fourth-order valence-corrected chi connectivity index (χ4v) is 2.45. The Morgan fingerprint density at radius 2 is 2.36 bits per heavy atom. The summed E-state index contributed by atoms with van der Waals surface area (Å²) in [5.74, 6) is 0.0888. The van der Waals surface area contributed by atoms with Gasteiger partial charge in [-0.3, -0.25) is 9.59 Å². The van der Waals surface area contributed by atoms with Gasteiger partial charge in [-0.15, -0.1) is 0 Å². The van der Waals surface area contributed by atoms with E-state index < -0.39 is 0 Å². The molecule has 7 nitrogen and oxygen atoms in total. The van der Waals surface area contributed by atoms with Gasteiger partial charge in [0.2, 0.25) is 5.91 Å². The highest BCUT2D eigenvalue weighted by atomic mass is 16.5. The first kappa shape index (κ1) is 16.5. The molecule has 7 heteroatoms. The van der Waals surface area contributed by atoms with Gasteiger partial charge in [0.1, 0.15) is 0 Å². The molecule has 1 aromatic heterocycles. The van der Waals surface area contributed by atoms with Gasteiger partial charge in [0.25, 0.3) is 5.56 Å². The van der Waals surface area contributed by atoms with E-state index in [0.29, 0.717) is 26.1 Å². The molecule has 0 aliphatic carbocycles. The number of nitrogens with zero attached hydrogens (tertiary/aromatic N) is 3. The molecule has 2 rings (SSSR count). The summed E-state index contributed by atoms with van der Waals surface area (Å²) in [6.07, 6.45) is 3.95. The minimum absolute atomic E-state index is 0.0553. The van der Waals surface area contributed by atoms with Crippen LogP contribution in [0.15, 0.2) is 17.1 Å². The number of rotatable bonds is 6. The molecular formula is C15H24N4O3. The molecule has 1 aromatic rings. The number of carbonyl (C=O) groups excluding carboxylic acids is 1. The summed E-state index contributed by atoms with van der Waals surface area (Å²) < 4.78 is 7.04. The Kier molecular flexibility index (Phi) is 5.94. The van der Waals surface area contributed by atoms with Crippen LogP contribution in [-0.2, 0) is 16.6 Å². The molecule has 0 unspecified atom stereocenters. The zero-order valence-corrected chi connectivity index (χ0v) is 13.2. The molecule has 1 atom stereocenters. The number of nitrogens with one attached hydrogen (secondary N) is 1. The molecular weight excluding hydrogens is 284 g/mol. The van der Waals surface area contributed by atoms with Crippen LogP contribution in [0, 0.1) is 0 Å². The van der Waals surface area contributed by atoms with Crippen molar-refractivity contribution in [3.05, 3.63) is 22.6 Å². The predicted octanol–water partition coefficient (Wildman–Crippen LogP) is 0.292. The molecule has 2 heterocycles. The first-order chi connectivity index (χ1) is 10.6. The Morgan fingerprint density at radius 3 is 3.09 bits per heavy atom. The molecule has 22 heavy (non-hydrogen) atoms. The van der Waals surface area contributed by atoms with Crippen LogP contribution in [0.4, 0.5) is 5.69 Å². The number of hydrogen-bond acceptors (Lipinski definition) is 5. The molecule has 1 saturated heterocycles. The number of morpholine rings is 1. The summed E-state index contributed by atoms with van der Waals surface area (Å²) in [6.45, 7) is 4.67. The second-order valence-electron chi connectivity index (χ2n) is 5.50. The fraction of sp³-hybridized carbons (Fsp3) is 0.667. The van der Waals surface area contributed by atoms with Crippen molar-refractivity contribution in [2.45, 2.75) is 32.3 Å². The first-order valence-electron chi connectivity index (χ1n) is 7.76. The van der Waals surface area contributed by atoms with Crippen LogP contribution >= 0.6 is 0 Å². The van der Waals surface area contributed by atoms with Gasteiger partial charge in [-0.25, -0.2) is 4.68 Å². The topological polar surface area (TPSA) is 76.5 Å². The second kappa shape index (κ2) is 7.93. The van der Waals surface area contributed by atoms with E-state index in [1.807, 2.05) is 6.92 Å². The Labute approximate surface area is 130 Å². The van der Waals surface area contributed by atoms with Crippen molar-refractivity contribution in [1.82, 2.24) is 15.1 Å². The molecule has 0 bridgehead atoms. The number of anilines is 1. The van der Waals surface area contributed by atoms with E-state index in [0.717, 1.165) is 25.1 Å². The third-order valence-corrected chi connectivity index (χ3v) is 3.72. The quantitative estimate of drug-likeness (QED) is 0.817. The van der Waals surface area contributed by atoms with Crippen LogP contribution in [-0.4, -0.2) is 48.0 Å². The van der Waals surface area contributed by atoms with E-state index in [9.17, 15) is 9.59 Å². The van der Waals surface area contributed by atoms with Gasteiger partial charge < -0.3 is 15.0 Å². The maximum Gasteiger partial charge on any atom is 0.268 e. The lowest BCUT2D eigenvalue weighted by atomic mass is 10.2. The average molecular weight is 308 g/mol. The summed E-state index contributed by atoms with van der Waals surface area (Å²) >= 11 is 0. The van der Waals surface area contributed by atoms with Crippen LogP contribution in [0.5, 0.6) is 0 Å². The van der Waals surface area contributed by atoms with Crippen LogP contribution in [0.25, 0.3) is 0 Å². The van der Waals surface area contributed by atoms with Gasteiger partial charge in [0.15, 0.2) is 0 Å². The summed E-state index contributed by atoms with van der Waals surface area (Å²) in [5, 5.41) is 6.95. The van der Waals surface area contributed by atoms with Crippen LogP contribution in [0.1, 0.15) is 26.2 Å². The third-order valence-electron chi connectivity index (χ3n) is 3.72. The van der Waals surface area contributed by atoms with Gasteiger partial charge >= 0.3 is 0 Å². The normalized spacial score (nSPS) is 18.3. The number of amides is 1. The minimum atomic E-state index is -0.118. The van der Waals surface area contributed by atoms with Gasteiger partial charge in [0.05, 0.1) is 24.6 Å². The largest absolute Gasteiger partial charge is 0.374 e. The van der Waals surface area contributed by atoms with Crippen molar-refractivity contribution in [2.24, 2.45) is 7.05 Å². The van der Waals surface area contributed by atoms with E-state index >= 15 is 0 Å². The monoisotopic (exact) mass is 308 g/mol. The molecule has 1 amide bonds. The molecule has 1 N–H and O–H groups in total. The minimum Gasteiger partial charge on any atom is -0.374 e. The molecule has 0 radical (unpaired) electrons. The fourth-order valence-electron chi connectivity index (χ4n) is 2.45. The standard InChI is InChI=1S/C15H24N4O3/c1-3-4-14(20)16-6-5-13-11-19(7-8-22-13)12-9-15(21)18(2)17-10-12/h9-10,13H,3-8,11H2,1-2H3,(H,16,20)/t13-/m1/s1. The second-order valence-corrected chi connectivity index (χ2v) is 5.50. The van der Waals surface area contributed by atoms with E-state index in [-0.39, 0.29) is 17.6 Å². The van der Waals surface area contributed by atoms with E-state index in [1.165, 1.54) is 4.68 Å². The molecule has 122 valence electrons. The predicted molar refractivity (Wildman–Crippen MR) is 84.0 cm³/mol. The van der Waals surface area contributed by atoms with E-state index in [2.05, 4.69) is 15.3 Å².